The van der Waals surface area contributed by atoms with Crippen LogP contribution in [0, 0.1) is 0 Å². The van der Waals surface area contributed by atoms with Crippen molar-refractivity contribution in [2.24, 2.45) is 0 Å². The molecule has 1 atom stereocenters. The van der Waals surface area contributed by atoms with E-state index in [4.69, 9.17) is 5.11 Å². The van der Waals surface area contributed by atoms with Gasteiger partial charge in [0.05, 0.1) is 12.2 Å². The lowest BCUT2D eigenvalue weighted by Crippen LogP contribution is -2.38. The van der Waals surface area contributed by atoms with Crippen molar-refractivity contribution in [3.05, 3.63) is 0 Å². The summed E-state index contributed by atoms with van der Waals surface area (Å²) in [6, 6.07) is -0.334. The van der Waals surface area contributed by atoms with Crippen LogP contribution in [0.5, 0.6) is 0 Å². The lowest BCUT2D eigenvalue weighted by molar-refractivity contribution is -0.137. The van der Waals surface area contributed by atoms with Crippen molar-refractivity contribution in [1.29, 1.82) is 0 Å². The Balaban J connectivity index is 2.71. The van der Waals surface area contributed by atoms with Crippen LogP contribution in [0.3, 0.4) is 0 Å². The first-order valence-electron chi connectivity index (χ1n) is 5.18. The molecule has 0 aromatic carbocycles. The molecule has 15 heavy (non-hydrogen) atoms. The van der Waals surface area contributed by atoms with Crippen LogP contribution in [-0.2, 0) is 14.8 Å². The molecule has 0 aliphatic carbocycles. The average molecular weight is 235 g/mol. The molecular weight excluding hydrogens is 218 g/mol. The van der Waals surface area contributed by atoms with Crippen molar-refractivity contribution in [2.45, 2.75) is 38.6 Å². The lowest BCUT2D eigenvalue weighted by Gasteiger charge is -2.22. The first kappa shape index (κ1) is 12.4. The number of rotatable bonds is 5. The normalized spacial score (nSPS) is 23.1. The third-order valence-corrected chi connectivity index (χ3v) is 4.67. The number of sulfonamides is 1. The highest BCUT2D eigenvalue weighted by Crippen LogP contribution is 2.24. The van der Waals surface area contributed by atoms with Crippen LogP contribution in [0.4, 0.5) is 0 Å². The van der Waals surface area contributed by atoms with Crippen LogP contribution in [-0.4, -0.2) is 42.1 Å². The quantitative estimate of drug-likeness (QED) is 0.759. The third kappa shape index (κ3) is 3.17. The minimum Gasteiger partial charge on any atom is -0.481 e. The molecule has 0 aromatic rings. The summed E-state index contributed by atoms with van der Waals surface area (Å²) in [5.41, 5.74) is 0. The highest BCUT2D eigenvalue weighted by Gasteiger charge is 2.34. The lowest BCUT2D eigenvalue weighted by atomic mass is 10.2. The second-order valence-corrected chi connectivity index (χ2v) is 5.86. The van der Waals surface area contributed by atoms with Gasteiger partial charge >= 0.3 is 5.97 Å². The van der Waals surface area contributed by atoms with Crippen LogP contribution in [0.2, 0.25) is 0 Å². The molecule has 5 nitrogen and oxygen atoms in total. The summed E-state index contributed by atoms with van der Waals surface area (Å²) >= 11 is 0. The van der Waals surface area contributed by atoms with Crippen molar-refractivity contribution < 1.29 is 18.3 Å². The maximum absolute atomic E-state index is 11.8. The van der Waals surface area contributed by atoms with Crippen molar-refractivity contribution in [3.8, 4) is 0 Å². The van der Waals surface area contributed by atoms with E-state index in [1.54, 1.807) is 6.92 Å². The van der Waals surface area contributed by atoms with E-state index in [1.165, 1.54) is 4.31 Å². The SMILES string of the molecule is CCCS(=O)(=O)N1CCCC1CC(=O)O. The minimum atomic E-state index is -3.23. The van der Waals surface area contributed by atoms with Crippen LogP contribution < -0.4 is 0 Å². The van der Waals surface area contributed by atoms with Crippen molar-refractivity contribution >= 4 is 16.0 Å². The number of aliphatic carboxylic acids is 1. The fourth-order valence-electron chi connectivity index (χ4n) is 1.96. The molecule has 0 spiro atoms. The maximum Gasteiger partial charge on any atom is 0.304 e. The van der Waals surface area contributed by atoms with Gasteiger partial charge in [-0.2, -0.15) is 4.31 Å². The van der Waals surface area contributed by atoms with E-state index in [9.17, 15) is 13.2 Å². The van der Waals surface area contributed by atoms with Crippen molar-refractivity contribution in [1.82, 2.24) is 4.31 Å². The molecule has 0 radical (unpaired) electrons. The fraction of sp³-hybridized carbons (Fsp3) is 0.889. The van der Waals surface area contributed by atoms with E-state index in [2.05, 4.69) is 0 Å². The average Bonchev–Trinajstić information content (AvgIpc) is 2.51. The number of hydrogen-bond acceptors (Lipinski definition) is 3. The summed E-state index contributed by atoms with van der Waals surface area (Å²) in [6.07, 6.45) is 1.91. The second kappa shape index (κ2) is 4.94. The van der Waals surface area contributed by atoms with E-state index in [0.717, 1.165) is 6.42 Å². The molecule has 1 aliphatic rings. The molecule has 1 fully saturated rings. The minimum absolute atomic E-state index is 0.0804. The van der Waals surface area contributed by atoms with E-state index in [1.807, 2.05) is 0 Å². The van der Waals surface area contributed by atoms with Gasteiger partial charge in [0.2, 0.25) is 10.0 Å². The number of carboxylic acid groups (broad SMARTS) is 1. The topological polar surface area (TPSA) is 74.7 Å². The van der Waals surface area contributed by atoms with Gasteiger partial charge < -0.3 is 5.11 Å². The van der Waals surface area contributed by atoms with Gasteiger partial charge in [-0.15, -0.1) is 0 Å². The Morgan fingerprint density at radius 1 is 1.53 bits per heavy atom. The van der Waals surface area contributed by atoms with Gasteiger partial charge in [0.25, 0.3) is 0 Å². The molecule has 0 saturated carbocycles. The van der Waals surface area contributed by atoms with Crippen molar-refractivity contribution in [3.63, 3.8) is 0 Å². The molecule has 1 unspecified atom stereocenters. The molecule has 1 N–H and O–H groups in total. The van der Waals surface area contributed by atoms with Gasteiger partial charge in [-0.25, -0.2) is 8.42 Å². The summed E-state index contributed by atoms with van der Waals surface area (Å²) in [5, 5.41) is 8.67. The monoisotopic (exact) mass is 235 g/mol. The molecule has 0 amide bonds. The standard InChI is InChI=1S/C9H17NO4S/c1-2-6-15(13,14)10-5-3-4-8(10)7-9(11)12/h8H,2-7H2,1H3,(H,11,12). The number of hydrogen-bond donors (Lipinski definition) is 1. The summed E-state index contributed by atoms with van der Waals surface area (Å²) in [5.74, 6) is -0.818. The molecule has 1 heterocycles. The molecule has 6 heteroatoms. The molecule has 1 saturated heterocycles. The first-order chi connectivity index (χ1) is 6.97. The number of carbonyl (C=O) groups is 1. The summed E-state index contributed by atoms with van der Waals surface area (Å²) in [7, 11) is -3.23. The van der Waals surface area contributed by atoms with Gasteiger partial charge in [0.15, 0.2) is 0 Å². The van der Waals surface area contributed by atoms with Gasteiger partial charge in [0.1, 0.15) is 0 Å². The van der Waals surface area contributed by atoms with E-state index in [0.29, 0.717) is 19.4 Å². The molecule has 88 valence electrons. The Morgan fingerprint density at radius 2 is 2.20 bits per heavy atom. The van der Waals surface area contributed by atoms with Gasteiger partial charge in [0, 0.05) is 12.6 Å². The summed E-state index contributed by atoms with van der Waals surface area (Å²) < 4.78 is 24.9. The van der Waals surface area contributed by atoms with Crippen molar-refractivity contribution in [2.75, 3.05) is 12.3 Å². The Kier molecular flexibility index (Phi) is 4.10. The number of carboxylic acids is 1. The van der Waals surface area contributed by atoms with Crippen LogP contribution in [0.25, 0.3) is 0 Å². The predicted octanol–water partition coefficient (Wildman–Crippen LogP) is 0.665. The largest absolute Gasteiger partial charge is 0.481 e. The van der Waals surface area contributed by atoms with Gasteiger partial charge in [-0.3, -0.25) is 4.79 Å². The highest BCUT2D eigenvalue weighted by atomic mass is 32.2. The smallest absolute Gasteiger partial charge is 0.304 e. The van der Waals surface area contributed by atoms with E-state index in [-0.39, 0.29) is 18.2 Å². The Morgan fingerprint density at radius 3 is 2.73 bits per heavy atom. The fourth-order valence-corrected chi connectivity index (χ4v) is 3.75. The zero-order valence-corrected chi connectivity index (χ0v) is 9.66. The zero-order valence-electron chi connectivity index (χ0n) is 8.85. The van der Waals surface area contributed by atoms with Crippen LogP contribution in [0.15, 0.2) is 0 Å². The number of nitrogens with zero attached hydrogens (tertiary/aromatic N) is 1. The van der Waals surface area contributed by atoms with Crippen LogP contribution >= 0.6 is 0 Å². The van der Waals surface area contributed by atoms with E-state index >= 15 is 0 Å². The third-order valence-electron chi connectivity index (χ3n) is 2.55. The maximum atomic E-state index is 11.8. The molecule has 0 bridgehead atoms. The molecule has 1 rings (SSSR count). The highest BCUT2D eigenvalue weighted by molar-refractivity contribution is 7.89. The summed E-state index contributed by atoms with van der Waals surface area (Å²) in [4.78, 5) is 10.6. The summed E-state index contributed by atoms with van der Waals surface area (Å²) in [6.45, 7) is 2.28. The molecular formula is C9H17NO4S. The zero-order chi connectivity index (χ0) is 11.5. The van der Waals surface area contributed by atoms with Gasteiger partial charge in [-0.05, 0) is 19.3 Å². The Bertz CT molecular complexity index is 325. The van der Waals surface area contributed by atoms with Gasteiger partial charge in [-0.1, -0.05) is 6.92 Å². The first-order valence-corrected chi connectivity index (χ1v) is 6.79. The van der Waals surface area contributed by atoms with Crippen LogP contribution in [0.1, 0.15) is 32.6 Å². The second-order valence-electron chi connectivity index (χ2n) is 3.82. The predicted molar refractivity (Wildman–Crippen MR) is 56.1 cm³/mol. The van der Waals surface area contributed by atoms with E-state index < -0.39 is 16.0 Å². The molecule has 1 aliphatic heterocycles. The Labute approximate surface area is 90.1 Å². The Hall–Kier alpha value is -0.620. The molecule has 0 aromatic heterocycles.